The second kappa shape index (κ2) is 4.73. The Morgan fingerprint density at radius 1 is 1.33 bits per heavy atom. The number of rotatable bonds is 4. The molecular weight excluding hydrogens is 192 g/mol. The van der Waals surface area contributed by atoms with E-state index in [1.165, 1.54) is 0 Å². The van der Waals surface area contributed by atoms with Crippen LogP contribution in [0.5, 0.6) is 0 Å². The molecular formula is C12H14O3. The first-order chi connectivity index (χ1) is 7.02. The molecule has 0 bridgehead atoms. The Bertz CT molecular complexity index is 382. The van der Waals surface area contributed by atoms with Crippen LogP contribution >= 0.6 is 0 Å². The van der Waals surface area contributed by atoms with Gasteiger partial charge in [-0.2, -0.15) is 0 Å². The van der Waals surface area contributed by atoms with Gasteiger partial charge in [0.15, 0.2) is 5.78 Å². The number of hydrogen-bond donors (Lipinski definition) is 1. The molecule has 80 valence electrons. The molecule has 0 fully saturated rings. The van der Waals surface area contributed by atoms with Crippen LogP contribution in [0.3, 0.4) is 0 Å². The van der Waals surface area contributed by atoms with Gasteiger partial charge in [-0.15, -0.1) is 0 Å². The number of carbonyl (C=O) groups is 2. The first-order valence-electron chi connectivity index (χ1n) is 4.84. The predicted octanol–water partition coefficient (Wildman–Crippen LogP) is 2.29. The molecule has 1 N–H and O–H groups in total. The first-order valence-corrected chi connectivity index (χ1v) is 4.84. The van der Waals surface area contributed by atoms with Crippen molar-refractivity contribution in [2.24, 2.45) is 5.92 Å². The summed E-state index contributed by atoms with van der Waals surface area (Å²) < 4.78 is 0. The average Bonchev–Trinajstić information content (AvgIpc) is 2.16. The Kier molecular flexibility index (Phi) is 3.61. The molecule has 0 aliphatic carbocycles. The minimum Gasteiger partial charge on any atom is -0.481 e. The quantitative estimate of drug-likeness (QED) is 0.769. The summed E-state index contributed by atoms with van der Waals surface area (Å²) in [7, 11) is 0. The molecule has 3 heteroatoms. The molecule has 0 radical (unpaired) electrons. The van der Waals surface area contributed by atoms with Crippen LogP contribution in [-0.4, -0.2) is 16.9 Å². The van der Waals surface area contributed by atoms with E-state index >= 15 is 0 Å². The fourth-order valence-electron chi connectivity index (χ4n) is 1.47. The van der Waals surface area contributed by atoms with Gasteiger partial charge in [0.05, 0.1) is 6.42 Å². The third-order valence-corrected chi connectivity index (χ3v) is 2.34. The number of Topliss-reactive ketones (excluding diaryl/α,β-unsaturated/α-hetero) is 1. The molecule has 0 saturated heterocycles. The zero-order valence-electron chi connectivity index (χ0n) is 8.86. The smallest absolute Gasteiger partial charge is 0.304 e. The average molecular weight is 206 g/mol. The molecule has 15 heavy (non-hydrogen) atoms. The SMILES string of the molecule is Cc1ccccc1C(=O)C(C)CC(=O)O. The maximum Gasteiger partial charge on any atom is 0.304 e. The van der Waals surface area contributed by atoms with Crippen LogP contribution in [0.2, 0.25) is 0 Å². The molecule has 1 aromatic rings. The van der Waals surface area contributed by atoms with E-state index in [1.54, 1.807) is 19.1 Å². The van der Waals surface area contributed by atoms with Gasteiger partial charge >= 0.3 is 5.97 Å². The van der Waals surface area contributed by atoms with Gasteiger partial charge < -0.3 is 5.11 Å². The zero-order valence-corrected chi connectivity index (χ0v) is 8.86. The molecule has 1 aromatic carbocycles. The van der Waals surface area contributed by atoms with E-state index < -0.39 is 11.9 Å². The van der Waals surface area contributed by atoms with Crippen molar-refractivity contribution in [3.63, 3.8) is 0 Å². The van der Waals surface area contributed by atoms with Crippen LogP contribution < -0.4 is 0 Å². The van der Waals surface area contributed by atoms with Crippen LogP contribution in [0, 0.1) is 12.8 Å². The van der Waals surface area contributed by atoms with Crippen molar-refractivity contribution in [1.82, 2.24) is 0 Å². The number of carboxylic acid groups (broad SMARTS) is 1. The van der Waals surface area contributed by atoms with E-state index in [4.69, 9.17) is 5.11 Å². The first kappa shape index (κ1) is 11.4. The highest BCUT2D eigenvalue weighted by Crippen LogP contribution is 2.15. The lowest BCUT2D eigenvalue weighted by atomic mass is 9.94. The summed E-state index contributed by atoms with van der Waals surface area (Å²) in [5.74, 6) is -1.51. The van der Waals surface area contributed by atoms with Crippen molar-refractivity contribution >= 4 is 11.8 Å². The topological polar surface area (TPSA) is 54.4 Å². The van der Waals surface area contributed by atoms with Crippen LogP contribution in [0.1, 0.15) is 29.3 Å². The maximum atomic E-state index is 11.8. The van der Waals surface area contributed by atoms with Crippen molar-refractivity contribution in [3.8, 4) is 0 Å². The lowest BCUT2D eigenvalue weighted by molar-refractivity contribution is -0.137. The van der Waals surface area contributed by atoms with E-state index in [0.717, 1.165) is 5.56 Å². The highest BCUT2D eigenvalue weighted by molar-refractivity contribution is 6.00. The van der Waals surface area contributed by atoms with E-state index in [-0.39, 0.29) is 12.2 Å². The Morgan fingerprint density at radius 3 is 2.47 bits per heavy atom. The van der Waals surface area contributed by atoms with Gasteiger partial charge in [0, 0.05) is 11.5 Å². The number of carboxylic acids is 1. The van der Waals surface area contributed by atoms with Gasteiger partial charge in [0.1, 0.15) is 0 Å². The number of aliphatic carboxylic acids is 1. The second-order valence-corrected chi connectivity index (χ2v) is 3.68. The fraction of sp³-hybridized carbons (Fsp3) is 0.333. The third-order valence-electron chi connectivity index (χ3n) is 2.34. The Hall–Kier alpha value is -1.64. The predicted molar refractivity (Wildman–Crippen MR) is 56.9 cm³/mol. The minimum atomic E-state index is -0.940. The van der Waals surface area contributed by atoms with E-state index in [2.05, 4.69) is 0 Å². The number of hydrogen-bond acceptors (Lipinski definition) is 2. The van der Waals surface area contributed by atoms with Gasteiger partial charge in [0.25, 0.3) is 0 Å². The lowest BCUT2D eigenvalue weighted by Crippen LogP contribution is -2.16. The minimum absolute atomic E-state index is 0.101. The van der Waals surface area contributed by atoms with Gasteiger partial charge in [0.2, 0.25) is 0 Å². The molecule has 1 unspecified atom stereocenters. The number of benzene rings is 1. The number of aryl methyl sites for hydroxylation is 1. The Balaban J connectivity index is 2.85. The van der Waals surface area contributed by atoms with Crippen molar-refractivity contribution in [3.05, 3.63) is 35.4 Å². The third kappa shape index (κ3) is 2.91. The second-order valence-electron chi connectivity index (χ2n) is 3.68. The van der Waals surface area contributed by atoms with Crippen LogP contribution in [0.15, 0.2) is 24.3 Å². The highest BCUT2D eigenvalue weighted by atomic mass is 16.4. The molecule has 0 amide bonds. The van der Waals surface area contributed by atoms with Gasteiger partial charge in [-0.1, -0.05) is 31.2 Å². The number of ketones is 1. The van der Waals surface area contributed by atoms with Crippen molar-refractivity contribution in [2.45, 2.75) is 20.3 Å². The molecule has 0 heterocycles. The number of carbonyl (C=O) groups excluding carboxylic acids is 1. The highest BCUT2D eigenvalue weighted by Gasteiger charge is 2.19. The van der Waals surface area contributed by atoms with Gasteiger partial charge in [-0.05, 0) is 12.5 Å². The van der Waals surface area contributed by atoms with Gasteiger partial charge in [-0.25, -0.2) is 0 Å². The van der Waals surface area contributed by atoms with E-state index in [0.29, 0.717) is 5.56 Å². The summed E-state index contributed by atoms with van der Waals surface area (Å²) in [5.41, 5.74) is 1.51. The van der Waals surface area contributed by atoms with E-state index in [1.807, 2.05) is 19.1 Å². The zero-order chi connectivity index (χ0) is 11.4. The largest absolute Gasteiger partial charge is 0.481 e. The lowest BCUT2D eigenvalue weighted by Gasteiger charge is -2.09. The molecule has 3 nitrogen and oxygen atoms in total. The van der Waals surface area contributed by atoms with Crippen molar-refractivity contribution in [2.75, 3.05) is 0 Å². The van der Waals surface area contributed by atoms with E-state index in [9.17, 15) is 9.59 Å². The summed E-state index contributed by atoms with van der Waals surface area (Å²) in [6.45, 7) is 3.49. The molecule has 1 atom stereocenters. The molecule has 0 aromatic heterocycles. The summed E-state index contributed by atoms with van der Waals surface area (Å²) >= 11 is 0. The summed E-state index contributed by atoms with van der Waals surface area (Å²) in [5, 5.41) is 8.60. The van der Waals surface area contributed by atoms with Gasteiger partial charge in [-0.3, -0.25) is 9.59 Å². The van der Waals surface area contributed by atoms with Crippen molar-refractivity contribution in [1.29, 1.82) is 0 Å². The summed E-state index contributed by atoms with van der Waals surface area (Å²) in [6, 6.07) is 7.22. The molecule has 1 rings (SSSR count). The molecule has 0 saturated carbocycles. The van der Waals surface area contributed by atoms with Crippen molar-refractivity contribution < 1.29 is 14.7 Å². The van der Waals surface area contributed by atoms with Crippen LogP contribution in [0.25, 0.3) is 0 Å². The fourth-order valence-corrected chi connectivity index (χ4v) is 1.47. The monoisotopic (exact) mass is 206 g/mol. The Labute approximate surface area is 88.7 Å². The standard InChI is InChI=1S/C12H14O3/c1-8-5-3-4-6-10(8)12(15)9(2)7-11(13)14/h3-6,9H,7H2,1-2H3,(H,13,14). The normalized spacial score (nSPS) is 12.1. The molecule has 0 spiro atoms. The maximum absolute atomic E-state index is 11.8. The molecule has 0 aliphatic heterocycles. The summed E-state index contributed by atoms with van der Waals surface area (Å²) in [6.07, 6.45) is -0.118. The van der Waals surface area contributed by atoms with Crippen LogP contribution in [0.4, 0.5) is 0 Å². The summed E-state index contributed by atoms with van der Waals surface area (Å²) in [4.78, 5) is 22.3. The molecule has 0 aliphatic rings. The Morgan fingerprint density at radius 2 is 1.93 bits per heavy atom. The van der Waals surface area contributed by atoms with Crippen LogP contribution in [-0.2, 0) is 4.79 Å².